The molecule has 0 spiro atoms. The molecule has 1 heterocycles. The molecular weight excluding hydrogens is 342 g/mol. The number of imide groups is 1. The van der Waals surface area contributed by atoms with Gasteiger partial charge in [-0.05, 0) is 40.8 Å². The van der Waals surface area contributed by atoms with E-state index in [9.17, 15) is 14.4 Å². The minimum absolute atomic E-state index is 0.0530. The summed E-state index contributed by atoms with van der Waals surface area (Å²) in [5, 5.41) is 2.85. The van der Waals surface area contributed by atoms with Gasteiger partial charge in [0.1, 0.15) is 0 Å². The van der Waals surface area contributed by atoms with E-state index in [4.69, 9.17) is 4.84 Å². The van der Waals surface area contributed by atoms with Gasteiger partial charge in [-0.15, -0.1) is 0 Å². The monoisotopic (exact) mass is 357 g/mol. The maximum Gasteiger partial charge on any atom is 0.336 e. The first-order chi connectivity index (χ1) is 13.1. The van der Waals surface area contributed by atoms with Crippen molar-refractivity contribution in [2.75, 3.05) is 0 Å². The van der Waals surface area contributed by atoms with E-state index >= 15 is 0 Å². The normalized spacial score (nSPS) is 20.7. The number of carbonyl (C=O) groups excluding carboxylic acids is 3. The lowest BCUT2D eigenvalue weighted by Crippen LogP contribution is -2.33. The topological polar surface area (TPSA) is 63.7 Å². The van der Waals surface area contributed by atoms with E-state index < -0.39 is 17.8 Å². The van der Waals surface area contributed by atoms with Gasteiger partial charge in [0.25, 0.3) is 11.8 Å². The molecule has 1 fully saturated rings. The zero-order valence-corrected chi connectivity index (χ0v) is 14.3. The van der Waals surface area contributed by atoms with Crippen molar-refractivity contribution in [1.82, 2.24) is 5.06 Å². The Hall–Kier alpha value is -3.47. The molecule has 27 heavy (non-hydrogen) atoms. The number of nitrogens with zero attached hydrogens (tertiary/aromatic N) is 1. The van der Waals surface area contributed by atoms with E-state index in [0.29, 0.717) is 11.5 Å². The SMILES string of the molecule is O=C(ON1C(=O)c2ccccc2C1=O)[C@@H]1C[C@H]1c1ccc2ccccc2c1. The molecule has 1 aliphatic carbocycles. The Morgan fingerprint density at radius 1 is 0.852 bits per heavy atom. The van der Waals surface area contributed by atoms with E-state index in [2.05, 4.69) is 6.07 Å². The summed E-state index contributed by atoms with van der Waals surface area (Å²) in [7, 11) is 0. The van der Waals surface area contributed by atoms with E-state index in [1.54, 1.807) is 24.3 Å². The van der Waals surface area contributed by atoms with Crippen LogP contribution >= 0.6 is 0 Å². The van der Waals surface area contributed by atoms with Gasteiger partial charge in [0.05, 0.1) is 17.0 Å². The minimum atomic E-state index is -0.591. The van der Waals surface area contributed by atoms with Gasteiger partial charge in [-0.1, -0.05) is 59.7 Å². The quantitative estimate of drug-likeness (QED) is 0.671. The fraction of sp³-hybridized carbons (Fsp3) is 0.136. The molecule has 1 saturated carbocycles. The van der Waals surface area contributed by atoms with Crippen LogP contribution in [0.4, 0.5) is 0 Å². The van der Waals surface area contributed by atoms with Crippen molar-refractivity contribution in [2.24, 2.45) is 5.92 Å². The van der Waals surface area contributed by atoms with Gasteiger partial charge in [0.2, 0.25) is 0 Å². The van der Waals surface area contributed by atoms with Crippen LogP contribution < -0.4 is 0 Å². The van der Waals surface area contributed by atoms with E-state index in [-0.39, 0.29) is 23.0 Å². The van der Waals surface area contributed by atoms with Gasteiger partial charge in [-0.2, -0.15) is 0 Å². The average molecular weight is 357 g/mol. The molecule has 5 rings (SSSR count). The molecule has 0 bridgehead atoms. The van der Waals surface area contributed by atoms with Crippen molar-refractivity contribution >= 4 is 28.6 Å². The van der Waals surface area contributed by atoms with Crippen LogP contribution in [0.1, 0.15) is 38.6 Å². The van der Waals surface area contributed by atoms with Gasteiger partial charge in [-0.25, -0.2) is 4.79 Å². The standard InChI is InChI=1S/C22H15NO4/c24-20-16-7-3-4-8-17(16)21(25)23(20)27-22(26)19-12-18(19)15-10-9-13-5-1-2-6-14(13)11-15/h1-11,18-19H,12H2/t18-,19+/m0/s1. The zero-order chi connectivity index (χ0) is 18.5. The highest BCUT2D eigenvalue weighted by molar-refractivity contribution is 6.20. The van der Waals surface area contributed by atoms with Gasteiger partial charge in [-0.3, -0.25) is 9.59 Å². The second kappa shape index (κ2) is 5.77. The van der Waals surface area contributed by atoms with Crippen LogP contribution in [0.2, 0.25) is 0 Å². The second-order valence-electron chi connectivity index (χ2n) is 6.92. The summed E-state index contributed by atoms with van der Waals surface area (Å²) in [6.45, 7) is 0. The maximum absolute atomic E-state index is 12.5. The highest BCUT2D eigenvalue weighted by Gasteiger charge is 2.48. The van der Waals surface area contributed by atoms with Gasteiger partial charge in [0, 0.05) is 0 Å². The van der Waals surface area contributed by atoms with Crippen molar-refractivity contribution in [1.29, 1.82) is 0 Å². The summed E-state index contributed by atoms with van der Waals surface area (Å²) in [6.07, 6.45) is 0.653. The van der Waals surface area contributed by atoms with Crippen molar-refractivity contribution in [3.63, 3.8) is 0 Å². The number of carbonyl (C=O) groups is 3. The zero-order valence-electron chi connectivity index (χ0n) is 14.3. The third-order valence-corrected chi connectivity index (χ3v) is 5.23. The van der Waals surface area contributed by atoms with E-state index in [0.717, 1.165) is 16.3 Å². The van der Waals surface area contributed by atoms with E-state index in [1.807, 2.05) is 36.4 Å². The molecule has 2 atom stereocenters. The van der Waals surface area contributed by atoms with Crippen molar-refractivity contribution in [3.8, 4) is 0 Å². The van der Waals surface area contributed by atoms with Crippen molar-refractivity contribution in [2.45, 2.75) is 12.3 Å². The van der Waals surface area contributed by atoms with Gasteiger partial charge < -0.3 is 4.84 Å². The van der Waals surface area contributed by atoms with Crippen LogP contribution in [0, 0.1) is 5.92 Å². The first-order valence-corrected chi connectivity index (χ1v) is 8.82. The number of hydrogen-bond acceptors (Lipinski definition) is 4. The molecule has 1 aliphatic heterocycles. The lowest BCUT2D eigenvalue weighted by Gasteiger charge is -2.12. The molecular formula is C22H15NO4. The van der Waals surface area contributed by atoms with Crippen molar-refractivity contribution < 1.29 is 19.2 Å². The lowest BCUT2D eigenvalue weighted by atomic mass is 10.0. The molecule has 2 amide bonds. The Kier molecular flexibility index (Phi) is 3.37. The largest absolute Gasteiger partial charge is 0.336 e. The predicted octanol–water partition coefficient (Wildman–Crippen LogP) is 3.70. The highest BCUT2D eigenvalue weighted by atomic mass is 16.7. The summed E-state index contributed by atoms with van der Waals surface area (Å²) in [5.41, 5.74) is 1.59. The Bertz CT molecular complexity index is 1090. The summed E-state index contributed by atoms with van der Waals surface area (Å²) in [5.74, 6) is -2.01. The van der Waals surface area contributed by atoms with Crippen LogP contribution in [0.25, 0.3) is 10.8 Å². The molecule has 3 aromatic rings. The van der Waals surface area contributed by atoms with Crippen LogP contribution in [-0.4, -0.2) is 22.8 Å². The second-order valence-corrected chi connectivity index (χ2v) is 6.92. The number of benzene rings is 3. The van der Waals surface area contributed by atoms with Crippen LogP contribution in [-0.2, 0) is 9.63 Å². The van der Waals surface area contributed by atoms with Crippen molar-refractivity contribution in [3.05, 3.63) is 83.4 Å². The fourth-order valence-electron chi connectivity index (χ4n) is 3.67. The highest BCUT2D eigenvalue weighted by Crippen LogP contribution is 2.49. The molecule has 132 valence electrons. The number of amides is 2. The third-order valence-electron chi connectivity index (χ3n) is 5.23. The smallest absolute Gasteiger partial charge is 0.329 e. The first-order valence-electron chi connectivity index (χ1n) is 8.82. The van der Waals surface area contributed by atoms with Crippen LogP contribution in [0.15, 0.2) is 66.7 Å². The Morgan fingerprint density at radius 3 is 2.19 bits per heavy atom. The Morgan fingerprint density at radius 2 is 1.48 bits per heavy atom. The molecule has 0 aromatic heterocycles. The fourth-order valence-corrected chi connectivity index (χ4v) is 3.67. The van der Waals surface area contributed by atoms with Crippen LogP contribution in [0.5, 0.6) is 0 Å². The molecule has 0 N–H and O–H groups in total. The van der Waals surface area contributed by atoms with Gasteiger partial charge >= 0.3 is 5.97 Å². The third kappa shape index (κ3) is 2.51. The number of hydroxylamine groups is 2. The van der Waals surface area contributed by atoms with E-state index in [1.165, 1.54) is 0 Å². The molecule has 3 aromatic carbocycles. The molecule has 5 heteroatoms. The number of hydrogen-bond donors (Lipinski definition) is 0. The van der Waals surface area contributed by atoms with Gasteiger partial charge in [0.15, 0.2) is 0 Å². The summed E-state index contributed by atoms with van der Waals surface area (Å²) < 4.78 is 0. The predicted molar refractivity (Wildman–Crippen MR) is 97.8 cm³/mol. The average Bonchev–Trinajstić information content (AvgIpc) is 3.47. The van der Waals surface area contributed by atoms with Crippen LogP contribution in [0.3, 0.4) is 0 Å². The maximum atomic E-state index is 12.5. The number of rotatable bonds is 3. The number of fused-ring (bicyclic) bond motifs is 2. The summed E-state index contributed by atoms with van der Waals surface area (Å²) in [4.78, 5) is 42.3. The Balaban J connectivity index is 1.32. The summed E-state index contributed by atoms with van der Waals surface area (Å²) in [6, 6.07) is 20.6. The molecule has 2 aliphatic rings. The molecule has 5 nitrogen and oxygen atoms in total. The summed E-state index contributed by atoms with van der Waals surface area (Å²) >= 11 is 0. The first kappa shape index (κ1) is 15.8. The Labute approximate surface area is 155 Å². The molecule has 0 radical (unpaired) electrons. The molecule has 0 unspecified atom stereocenters. The minimum Gasteiger partial charge on any atom is -0.329 e. The molecule has 0 saturated heterocycles. The lowest BCUT2D eigenvalue weighted by molar-refractivity contribution is -0.170.